The van der Waals surface area contributed by atoms with E-state index in [1.165, 1.54) is 18.2 Å². The van der Waals surface area contributed by atoms with E-state index in [2.05, 4.69) is 11.2 Å². The Morgan fingerprint density at radius 3 is 3.06 bits per heavy atom. The molecule has 0 heterocycles. The Hall–Kier alpha value is -2.02. The predicted molar refractivity (Wildman–Crippen MR) is 58.3 cm³/mol. The summed E-state index contributed by atoms with van der Waals surface area (Å²) in [6.45, 7) is 1.71. The van der Waals surface area contributed by atoms with E-state index in [0.717, 1.165) is 0 Å². The van der Waals surface area contributed by atoms with Crippen molar-refractivity contribution in [2.75, 3.05) is 6.54 Å². The summed E-state index contributed by atoms with van der Waals surface area (Å²) in [4.78, 5) is 11.4. The van der Waals surface area contributed by atoms with Crippen LogP contribution in [0.15, 0.2) is 24.3 Å². The van der Waals surface area contributed by atoms with E-state index in [1.807, 2.05) is 0 Å². The number of ether oxygens (including phenoxy) is 1. The molecule has 0 aromatic heterocycles. The number of terminal acetylenes is 1. The van der Waals surface area contributed by atoms with E-state index in [0.29, 0.717) is 5.75 Å². The number of amides is 1. The summed E-state index contributed by atoms with van der Waals surface area (Å²) >= 11 is 0. The van der Waals surface area contributed by atoms with Crippen molar-refractivity contribution in [3.63, 3.8) is 0 Å². The number of benzene rings is 1. The van der Waals surface area contributed by atoms with Crippen LogP contribution in [-0.2, 0) is 4.79 Å². The molecular formula is C12H12FNO2. The van der Waals surface area contributed by atoms with Crippen molar-refractivity contribution in [3.8, 4) is 18.1 Å². The fourth-order valence-electron chi connectivity index (χ4n) is 1.08. The summed E-state index contributed by atoms with van der Waals surface area (Å²) in [7, 11) is 0. The molecule has 0 saturated carbocycles. The molecule has 0 radical (unpaired) electrons. The van der Waals surface area contributed by atoms with Gasteiger partial charge in [0.15, 0.2) is 6.10 Å². The number of rotatable bonds is 4. The van der Waals surface area contributed by atoms with Crippen LogP contribution >= 0.6 is 0 Å². The highest BCUT2D eigenvalue weighted by Gasteiger charge is 2.13. The maximum absolute atomic E-state index is 12.8. The van der Waals surface area contributed by atoms with E-state index >= 15 is 0 Å². The maximum Gasteiger partial charge on any atom is 0.261 e. The standard InChI is InChI=1S/C12H12FNO2/c1-3-7-14-12(15)9(2)16-11-6-4-5-10(13)8-11/h1,4-6,8-9H,7H2,2H3,(H,14,15). The molecular weight excluding hydrogens is 209 g/mol. The third-order valence-corrected chi connectivity index (χ3v) is 1.84. The minimum Gasteiger partial charge on any atom is -0.481 e. The van der Waals surface area contributed by atoms with Gasteiger partial charge in [-0.15, -0.1) is 6.42 Å². The van der Waals surface area contributed by atoms with Crippen LogP contribution in [0.5, 0.6) is 5.75 Å². The first-order valence-corrected chi connectivity index (χ1v) is 4.77. The first kappa shape index (κ1) is 12.1. The van der Waals surface area contributed by atoms with E-state index in [9.17, 15) is 9.18 Å². The first-order chi connectivity index (χ1) is 7.63. The zero-order chi connectivity index (χ0) is 12.0. The highest BCUT2D eigenvalue weighted by atomic mass is 19.1. The molecule has 1 aromatic rings. The molecule has 0 spiro atoms. The predicted octanol–water partition coefficient (Wildman–Crippen LogP) is 1.34. The Labute approximate surface area is 93.6 Å². The van der Waals surface area contributed by atoms with Crippen molar-refractivity contribution >= 4 is 5.91 Å². The summed E-state index contributed by atoms with van der Waals surface area (Å²) < 4.78 is 18.0. The lowest BCUT2D eigenvalue weighted by molar-refractivity contribution is -0.127. The molecule has 1 N–H and O–H groups in total. The molecule has 3 nitrogen and oxygen atoms in total. The molecule has 1 amide bonds. The normalized spacial score (nSPS) is 11.3. The quantitative estimate of drug-likeness (QED) is 0.779. The van der Waals surface area contributed by atoms with Gasteiger partial charge in [-0.05, 0) is 19.1 Å². The van der Waals surface area contributed by atoms with Gasteiger partial charge in [-0.3, -0.25) is 4.79 Å². The molecule has 84 valence electrons. The molecule has 16 heavy (non-hydrogen) atoms. The van der Waals surface area contributed by atoms with Gasteiger partial charge in [0.2, 0.25) is 0 Å². The van der Waals surface area contributed by atoms with Gasteiger partial charge in [-0.1, -0.05) is 12.0 Å². The molecule has 0 aliphatic rings. The molecule has 0 bridgehead atoms. The van der Waals surface area contributed by atoms with Gasteiger partial charge in [0, 0.05) is 6.07 Å². The van der Waals surface area contributed by atoms with Crippen molar-refractivity contribution in [2.45, 2.75) is 13.0 Å². The lowest BCUT2D eigenvalue weighted by Gasteiger charge is -2.13. The highest BCUT2D eigenvalue weighted by Crippen LogP contribution is 2.13. The summed E-state index contributed by atoms with van der Waals surface area (Å²) in [6, 6.07) is 5.60. The van der Waals surface area contributed by atoms with Crippen molar-refractivity contribution < 1.29 is 13.9 Å². The van der Waals surface area contributed by atoms with Gasteiger partial charge >= 0.3 is 0 Å². The fourth-order valence-corrected chi connectivity index (χ4v) is 1.08. The Morgan fingerprint density at radius 1 is 1.69 bits per heavy atom. The lowest BCUT2D eigenvalue weighted by Crippen LogP contribution is -2.36. The van der Waals surface area contributed by atoms with Crippen molar-refractivity contribution in [1.82, 2.24) is 5.32 Å². The SMILES string of the molecule is C#CCNC(=O)C(C)Oc1cccc(F)c1. The lowest BCUT2D eigenvalue weighted by atomic mass is 10.3. The summed E-state index contributed by atoms with van der Waals surface area (Å²) in [5.74, 6) is 1.85. The van der Waals surface area contributed by atoms with Crippen molar-refractivity contribution in [3.05, 3.63) is 30.1 Å². The largest absolute Gasteiger partial charge is 0.481 e. The van der Waals surface area contributed by atoms with E-state index in [1.54, 1.807) is 13.0 Å². The zero-order valence-electron chi connectivity index (χ0n) is 8.87. The number of halogens is 1. The minimum absolute atomic E-state index is 0.148. The van der Waals surface area contributed by atoms with Crippen LogP contribution in [0.3, 0.4) is 0 Å². The van der Waals surface area contributed by atoms with Gasteiger partial charge in [-0.25, -0.2) is 4.39 Å². The van der Waals surface area contributed by atoms with Crippen LogP contribution in [0.1, 0.15) is 6.92 Å². The van der Waals surface area contributed by atoms with Crippen LogP contribution < -0.4 is 10.1 Å². The van der Waals surface area contributed by atoms with Gasteiger partial charge in [0.25, 0.3) is 5.91 Å². The van der Waals surface area contributed by atoms with Gasteiger partial charge in [0.1, 0.15) is 11.6 Å². The molecule has 1 rings (SSSR count). The minimum atomic E-state index is -0.713. The number of carbonyl (C=O) groups is 1. The molecule has 1 unspecified atom stereocenters. The highest BCUT2D eigenvalue weighted by molar-refractivity contribution is 5.80. The summed E-state index contributed by atoms with van der Waals surface area (Å²) in [5.41, 5.74) is 0. The second kappa shape index (κ2) is 5.76. The van der Waals surface area contributed by atoms with Crippen molar-refractivity contribution in [1.29, 1.82) is 0 Å². The third kappa shape index (κ3) is 3.62. The molecule has 1 aromatic carbocycles. The van der Waals surface area contributed by atoms with Crippen LogP contribution in [0, 0.1) is 18.2 Å². The monoisotopic (exact) mass is 221 g/mol. The molecule has 0 aliphatic carbocycles. The average Bonchev–Trinajstić information content (AvgIpc) is 2.25. The topological polar surface area (TPSA) is 38.3 Å². The molecule has 4 heteroatoms. The Morgan fingerprint density at radius 2 is 2.44 bits per heavy atom. The third-order valence-electron chi connectivity index (χ3n) is 1.84. The molecule has 0 fully saturated rings. The van der Waals surface area contributed by atoms with E-state index in [-0.39, 0.29) is 12.5 Å². The van der Waals surface area contributed by atoms with Crippen LogP contribution in [-0.4, -0.2) is 18.6 Å². The van der Waals surface area contributed by atoms with Gasteiger partial charge in [0.05, 0.1) is 6.54 Å². The average molecular weight is 221 g/mol. The second-order valence-corrected chi connectivity index (χ2v) is 3.14. The zero-order valence-corrected chi connectivity index (χ0v) is 8.87. The number of hydrogen-bond acceptors (Lipinski definition) is 2. The Kier molecular flexibility index (Phi) is 4.34. The van der Waals surface area contributed by atoms with E-state index < -0.39 is 11.9 Å². The van der Waals surface area contributed by atoms with Gasteiger partial charge in [-0.2, -0.15) is 0 Å². The van der Waals surface area contributed by atoms with Gasteiger partial charge < -0.3 is 10.1 Å². The first-order valence-electron chi connectivity index (χ1n) is 4.77. The van der Waals surface area contributed by atoms with Crippen molar-refractivity contribution in [2.24, 2.45) is 0 Å². The molecule has 1 atom stereocenters. The van der Waals surface area contributed by atoms with Crippen LogP contribution in [0.2, 0.25) is 0 Å². The van der Waals surface area contributed by atoms with Crippen LogP contribution in [0.25, 0.3) is 0 Å². The fraction of sp³-hybridized carbons (Fsp3) is 0.250. The molecule has 0 saturated heterocycles. The molecule has 0 aliphatic heterocycles. The second-order valence-electron chi connectivity index (χ2n) is 3.14. The Balaban J connectivity index is 2.54. The summed E-state index contributed by atoms with van der Waals surface area (Å²) in [6.07, 6.45) is 4.28. The smallest absolute Gasteiger partial charge is 0.261 e. The maximum atomic E-state index is 12.8. The number of nitrogens with one attached hydrogen (secondary N) is 1. The Bertz CT molecular complexity index is 412. The van der Waals surface area contributed by atoms with E-state index in [4.69, 9.17) is 11.2 Å². The number of carbonyl (C=O) groups excluding carboxylic acids is 1. The summed E-state index contributed by atoms with van der Waals surface area (Å²) in [5, 5.41) is 2.47. The number of hydrogen-bond donors (Lipinski definition) is 1. The van der Waals surface area contributed by atoms with Crippen LogP contribution in [0.4, 0.5) is 4.39 Å².